The second-order valence-corrected chi connectivity index (χ2v) is 2.23. The molecule has 0 amide bonds. The smallest absolute Gasteiger partial charge is 0.303 e. The van der Waals surface area contributed by atoms with Crippen LogP contribution in [0.1, 0.15) is 19.8 Å². The summed E-state index contributed by atoms with van der Waals surface area (Å²) in [4.78, 5) is 19.3. The van der Waals surface area contributed by atoms with Crippen molar-refractivity contribution >= 4 is 11.9 Å². The minimum atomic E-state index is -1.08. The van der Waals surface area contributed by atoms with Crippen molar-refractivity contribution in [2.75, 3.05) is 7.11 Å². The van der Waals surface area contributed by atoms with Crippen LogP contribution >= 0.6 is 0 Å². The Morgan fingerprint density at radius 1 is 1.31 bits per heavy atom. The summed E-state index contributed by atoms with van der Waals surface area (Å²) in [7, 11) is 1.57. The Bertz CT molecular complexity index is 143. The second-order valence-electron chi connectivity index (χ2n) is 2.23. The summed E-state index contributed by atoms with van der Waals surface area (Å²) in [5.74, 6) is -2.15. The third kappa shape index (κ3) is 24.8. The fraction of sp³-hybridized carbons (Fsp3) is 0.714. The van der Waals surface area contributed by atoms with E-state index in [0.29, 0.717) is 0 Å². The Labute approximate surface area is 76.3 Å². The molecule has 1 unspecified atom stereocenters. The molecule has 0 aliphatic carbocycles. The average molecular weight is 193 g/mol. The zero-order valence-electron chi connectivity index (χ0n) is 7.69. The fourth-order valence-corrected chi connectivity index (χ4v) is 0.214. The first-order valence-corrected chi connectivity index (χ1v) is 3.62. The van der Waals surface area contributed by atoms with Gasteiger partial charge in [0.05, 0.1) is 12.8 Å². The van der Waals surface area contributed by atoms with Crippen LogP contribution in [0.25, 0.3) is 0 Å². The largest absolute Gasteiger partial charge is 0.481 e. The van der Waals surface area contributed by atoms with Gasteiger partial charge in [-0.15, -0.1) is 0 Å². The van der Waals surface area contributed by atoms with Gasteiger partial charge in [0, 0.05) is 7.11 Å². The Kier molecular flexibility index (Phi) is 9.91. The topological polar surface area (TPSA) is 110 Å². The molecule has 0 aliphatic heterocycles. The highest BCUT2D eigenvalue weighted by molar-refractivity contribution is 5.75. The van der Waals surface area contributed by atoms with E-state index in [9.17, 15) is 9.59 Å². The number of ether oxygens (including phenoxy) is 1. The standard InChI is InChI=1S/C4H6O4.C3H9NO/c5-3(6)1-2-4(7)8;1-3(4)5-2/h1-2H2,(H,5,6)(H,7,8);3H,4H2,1-2H3. The van der Waals surface area contributed by atoms with Gasteiger partial charge in [-0.25, -0.2) is 0 Å². The summed E-state index contributed by atoms with van der Waals surface area (Å²) in [6.45, 7) is 1.78. The Morgan fingerprint density at radius 3 is 1.62 bits per heavy atom. The van der Waals surface area contributed by atoms with Gasteiger partial charge in [-0.3, -0.25) is 9.59 Å². The van der Waals surface area contributed by atoms with E-state index in [1.54, 1.807) is 14.0 Å². The molecule has 4 N–H and O–H groups in total. The lowest BCUT2D eigenvalue weighted by molar-refractivity contribution is -0.143. The van der Waals surface area contributed by atoms with Crippen molar-refractivity contribution in [3.63, 3.8) is 0 Å². The molecule has 78 valence electrons. The van der Waals surface area contributed by atoms with Crippen molar-refractivity contribution in [2.45, 2.75) is 26.0 Å². The number of carboxylic acid groups (broad SMARTS) is 2. The van der Waals surface area contributed by atoms with Gasteiger partial charge in [-0.05, 0) is 6.92 Å². The van der Waals surface area contributed by atoms with Gasteiger partial charge in [-0.1, -0.05) is 0 Å². The number of carbonyl (C=O) groups is 2. The van der Waals surface area contributed by atoms with Gasteiger partial charge in [0.15, 0.2) is 0 Å². The van der Waals surface area contributed by atoms with Crippen molar-refractivity contribution in [1.82, 2.24) is 0 Å². The van der Waals surface area contributed by atoms with Gasteiger partial charge >= 0.3 is 11.9 Å². The lowest BCUT2D eigenvalue weighted by Crippen LogP contribution is -2.15. The van der Waals surface area contributed by atoms with Crippen LogP contribution in [0.5, 0.6) is 0 Å². The van der Waals surface area contributed by atoms with Crippen molar-refractivity contribution < 1.29 is 24.5 Å². The number of methoxy groups -OCH3 is 1. The fourth-order valence-electron chi connectivity index (χ4n) is 0.214. The first-order valence-electron chi connectivity index (χ1n) is 3.62. The third-order valence-corrected chi connectivity index (χ3v) is 0.925. The van der Waals surface area contributed by atoms with Gasteiger partial charge in [0.1, 0.15) is 6.23 Å². The average Bonchev–Trinajstić information content (AvgIpc) is 2.02. The number of rotatable bonds is 4. The van der Waals surface area contributed by atoms with E-state index in [2.05, 4.69) is 4.74 Å². The molecule has 6 heteroatoms. The zero-order valence-corrected chi connectivity index (χ0v) is 7.69. The van der Waals surface area contributed by atoms with E-state index in [1.807, 2.05) is 0 Å². The van der Waals surface area contributed by atoms with Crippen LogP contribution < -0.4 is 5.73 Å². The van der Waals surface area contributed by atoms with E-state index in [-0.39, 0.29) is 19.1 Å². The second kappa shape index (κ2) is 8.95. The Balaban J connectivity index is 0. The van der Waals surface area contributed by atoms with Crippen molar-refractivity contribution in [2.24, 2.45) is 5.73 Å². The highest BCUT2D eigenvalue weighted by atomic mass is 16.5. The lowest BCUT2D eigenvalue weighted by atomic mass is 10.3. The van der Waals surface area contributed by atoms with Crippen LogP contribution in [0.15, 0.2) is 0 Å². The van der Waals surface area contributed by atoms with Crippen LogP contribution in [0.2, 0.25) is 0 Å². The molecule has 0 saturated carbocycles. The molecular weight excluding hydrogens is 178 g/mol. The van der Waals surface area contributed by atoms with E-state index in [0.717, 1.165) is 0 Å². The molecule has 6 nitrogen and oxygen atoms in total. The third-order valence-electron chi connectivity index (χ3n) is 0.925. The van der Waals surface area contributed by atoms with Crippen LogP contribution in [0.4, 0.5) is 0 Å². The maximum Gasteiger partial charge on any atom is 0.303 e. The molecule has 0 radical (unpaired) electrons. The minimum Gasteiger partial charge on any atom is -0.481 e. The molecule has 0 spiro atoms. The highest BCUT2D eigenvalue weighted by Crippen LogP contribution is 1.86. The van der Waals surface area contributed by atoms with E-state index < -0.39 is 11.9 Å². The SMILES string of the molecule is COC(C)N.O=C(O)CCC(=O)O. The van der Waals surface area contributed by atoms with Crippen LogP contribution in [0, 0.1) is 0 Å². The van der Waals surface area contributed by atoms with Crippen LogP contribution in [0.3, 0.4) is 0 Å². The van der Waals surface area contributed by atoms with Crippen LogP contribution in [-0.4, -0.2) is 35.5 Å². The molecule has 0 heterocycles. The van der Waals surface area contributed by atoms with E-state index >= 15 is 0 Å². The molecule has 0 aliphatic rings. The molecule has 0 rings (SSSR count). The normalized spacial score (nSPS) is 11.0. The number of nitrogens with two attached hydrogens (primary N) is 1. The summed E-state index contributed by atoms with van der Waals surface area (Å²) in [5, 5.41) is 15.8. The molecule has 0 bridgehead atoms. The minimum absolute atomic E-state index is 0.116. The number of aliphatic carboxylic acids is 2. The summed E-state index contributed by atoms with van der Waals surface area (Å²) in [5.41, 5.74) is 5.07. The Hall–Kier alpha value is -1.14. The maximum atomic E-state index is 9.64. The summed E-state index contributed by atoms with van der Waals surface area (Å²) < 4.78 is 4.53. The number of carboxylic acids is 2. The molecule has 1 atom stereocenters. The predicted octanol–water partition coefficient (Wildman–Crippen LogP) is -0.127. The molecule has 0 aromatic rings. The summed E-state index contributed by atoms with van der Waals surface area (Å²) in [6, 6.07) is 0. The molecule has 13 heavy (non-hydrogen) atoms. The van der Waals surface area contributed by atoms with Crippen LogP contribution in [-0.2, 0) is 14.3 Å². The van der Waals surface area contributed by atoms with Gasteiger partial charge in [0.2, 0.25) is 0 Å². The quantitative estimate of drug-likeness (QED) is 0.536. The molecule has 0 aromatic carbocycles. The number of hydrogen-bond acceptors (Lipinski definition) is 4. The van der Waals surface area contributed by atoms with Gasteiger partial charge in [0.25, 0.3) is 0 Å². The Morgan fingerprint density at radius 2 is 1.54 bits per heavy atom. The first-order chi connectivity index (χ1) is 5.90. The van der Waals surface area contributed by atoms with Crippen molar-refractivity contribution in [3.05, 3.63) is 0 Å². The number of hydrogen-bond donors (Lipinski definition) is 3. The maximum absolute atomic E-state index is 9.64. The zero-order chi connectivity index (χ0) is 10.9. The van der Waals surface area contributed by atoms with Gasteiger partial charge < -0.3 is 20.7 Å². The molecule has 0 aromatic heterocycles. The van der Waals surface area contributed by atoms with E-state index in [4.69, 9.17) is 15.9 Å². The highest BCUT2D eigenvalue weighted by Gasteiger charge is 2.00. The molecular formula is C7H15NO5. The molecule has 0 saturated heterocycles. The lowest BCUT2D eigenvalue weighted by Gasteiger charge is -1.95. The van der Waals surface area contributed by atoms with Crippen molar-refractivity contribution in [3.8, 4) is 0 Å². The first kappa shape index (κ1) is 14.4. The van der Waals surface area contributed by atoms with Gasteiger partial charge in [-0.2, -0.15) is 0 Å². The van der Waals surface area contributed by atoms with Crippen molar-refractivity contribution in [1.29, 1.82) is 0 Å². The predicted molar refractivity (Wildman–Crippen MR) is 45.2 cm³/mol. The van der Waals surface area contributed by atoms with E-state index in [1.165, 1.54) is 0 Å². The molecule has 0 fully saturated rings. The summed E-state index contributed by atoms with van der Waals surface area (Å²) in [6.07, 6.45) is -0.708. The summed E-state index contributed by atoms with van der Waals surface area (Å²) >= 11 is 0. The monoisotopic (exact) mass is 193 g/mol.